The Hall–Kier alpha value is -0.540. The van der Waals surface area contributed by atoms with Gasteiger partial charge in [-0.1, -0.05) is 6.07 Å². The lowest BCUT2D eigenvalue weighted by Gasteiger charge is -2.13. The summed E-state index contributed by atoms with van der Waals surface area (Å²) in [6.45, 7) is 1.93. The second-order valence-corrected chi connectivity index (χ2v) is 5.00. The molecular formula is C12H15FOS. The summed E-state index contributed by atoms with van der Waals surface area (Å²) < 4.78 is 13.9. The van der Waals surface area contributed by atoms with Gasteiger partial charge in [0.2, 0.25) is 0 Å². The number of aliphatic hydroxyl groups is 1. The van der Waals surface area contributed by atoms with Crippen molar-refractivity contribution < 1.29 is 9.50 Å². The van der Waals surface area contributed by atoms with E-state index >= 15 is 0 Å². The van der Waals surface area contributed by atoms with Crippen molar-refractivity contribution >= 4 is 11.8 Å². The Bertz CT molecular complexity index is 374. The molecule has 1 atom stereocenters. The summed E-state index contributed by atoms with van der Waals surface area (Å²) in [5.74, 6) is 0.0310. The molecule has 1 nitrogen and oxygen atoms in total. The highest BCUT2D eigenvalue weighted by atomic mass is 32.2. The lowest BCUT2D eigenvalue weighted by atomic mass is 10.0. The van der Waals surface area contributed by atoms with Crippen molar-refractivity contribution in [3.8, 4) is 0 Å². The van der Waals surface area contributed by atoms with Crippen molar-refractivity contribution in [2.24, 2.45) is 5.92 Å². The van der Waals surface area contributed by atoms with Gasteiger partial charge in [-0.3, -0.25) is 0 Å². The third-order valence-electron chi connectivity index (χ3n) is 2.82. The Morgan fingerprint density at radius 2 is 2.13 bits per heavy atom. The summed E-state index contributed by atoms with van der Waals surface area (Å²) in [6.07, 6.45) is 3.27. The van der Waals surface area contributed by atoms with Crippen LogP contribution in [0.1, 0.15) is 30.1 Å². The first-order valence-corrected chi connectivity index (χ1v) is 6.38. The second-order valence-electron chi connectivity index (χ2n) is 4.15. The van der Waals surface area contributed by atoms with Gasteiger partial charge in [0.05, 0.1) is 6.10 Å². The van der Waals surface area contributed by atoms with Crippen LogP contribution in [-0.4, -0.2) is 11.4 Å². The zero-order valence-electron chi connectivity index (χ0n) is 8.96. The molecule has 3 heteroatoms. The highest BCUT2D eigenvalue weighted by molar-refractivity contribution is 7.98. The number of aliphatic hydroxyl groups excluding tert-OH is 1. The summed E-state index contributed by atoms with van der Waals surface area (Å²) in [5.41, 5.74) is 1.48. The number of rotatable bonds is 3. The van der Waals surface area contributed by atoms with E-state index < -0.39 is 6.10 Å². The van der Waals surface area contributed by atoms with Crippen LogP contribution >= 0.6 is 11.8 Å². The Morgan fingerprint density at radius 1 is 1.47 bits per heavy atom. The Morgan fingerprint density at radius 3 is 2.67 bits per heavy atom. The molecule has 0 heterocycles. The maximum atomic E-state index is 13.9. The lowest BCUT2D eigenvalue weighted by molar-refractivity contribution is 0.148. The van der Waals surface area contributed by atoms with Crippen molar-refractivity contribution in [1.29, 1.82) is 0 Å². The minimum absolute atomic E-state index is 0.243. The van der Waals surface area contributed by atoms with E-state index in [1.54, 1.807) is 6.07 Å². The van der Waals surface area contributed by atoms with Gasteiger partial charge in [-0.25, -0.2) is 4.39 Å². The predicted octanol–water partition coefficient (Wildman–Crippen LogP) is 3.30. The molecule has 0 spiro atoms. The van der Waals surface area contributed by atoms with E-state index in [0.717, 1.165) is 18.4 Å². The third kappa shape index (κ3) is 2.18. The highest BCUT2D eigenvalue weighted by Gasteiger charge is 2.32. The SMILES string of the molecule is CSc1cc(C)cc(C(O)C2CC2)c1F. The maximum Gasteiger partial charge on any atom is 0.142 e. The van der Waals surface area contributed by atoms with E-state index in [-0.39, 0.29) is 11.7 Å². The summed E-state index contributed by atoms with van der Waals surface area (Å²) in [4.78, 5) is 0.629. The average Bonchev–Trinajstić information content (AvgIpc) is 3.03. The molecule has 0 amide bonds. The van der Waals surface area contributed by atoms with Crippen molar-refractivity contribution in [2.75, 3.05) is 6.26 Å². The van der Waals surface area contributed by atoms with Gasteiger partial charge in [0, 0.05) is 10.5 Å². The molecule has 1 N–H and O–H groups in total. The summed E-state index contributed by atoms with van der Waals surface area (Å²) in [5, 5.41) is 9.94. The van der Waals surface area contributed by atoms with Crippen molar-refractivity contribution in [2.45, 2.75) is 30.8 Å². The summed E-state index contributed by atoms with van der Waals surface area (Å²) >= 11 is 1.39. The van der Waals surface area contributed by atoms with Gasteiger partial charge in [-0.15, -0.1) is 11.8 Å². The fraction of sp³-hybridized carbons (Fsp3) is 0.500. The average molecular weight is 226 g/mol. The molecule has 1 aromatic carbocycles. The fourth-order valence-corrected chi connectivity index (χ4v) is 2.39. The quantitative estimate of drug-likeness (QED) is 0.798. The topological polar surface area (TPSA) is 20.2 Å². The van der Waals surface area contributed by atoms with Crippen LogP contribution in [0, 0.1) is 18.7 Å². The Labute approximate surface area is 93.7 Å². The van der Waals surface area contributed by atoms with Crippen molar-refractivity contribution in [3.05, 3.63) is 29.1 Å². The molecular weight excluding hydrogens is 211 g/mol. The summed E-state index contributed by atoms with van der Waals surface area (Å²) in [7, 11) is 0. The minimum Gasteiger partial charge on any atom is -0.388 e. The molecule has 0 saturated heterocycles. The number of benzene rings is 1. The molecule has 0 radical (unpaired) electrons. The van der Waals surface area contributed by atoms with Crippen LogP contribution in [0.4, 0.5) is 4.39 Å². The molecule has 0 aromatic heterocycles. The third-order valence-corrected chi connectivity index (χ3v) is 3.56. The van der Waals surface area contributed by atoms with Crippen LogP contribution in [0.5, 0.6) is 0 Å². The van der Waals surface area contributed by atoms with Gasteiger partial charge < -0.3 is 5.11 Å². The monoisotopic (exact) mass is 226 g/mol. The Kier molecular flexibility index (Phi) is 3.03. The zero-order valence-corrected chi connectivity index (χ0v) is 9.77. The van der Waals surface area contributed by atoms with Gasteiger partial charge in [0.1, 0.15) is 5.82 Å². The minimum atomic E-state index is -0.615. The lowest BCUT2D eigenvalue weighted by Crippen LogP contribution is -2.04. The molecule has 82 valence electrons. The molecule has 1 aromatic rings. The van der Waals surface area contributed by atoms with Crippen LogP contribution in [0.2, 0.25) is 0 Å². The van der Waals surface area contributed by atoms with Crippen LogP contribution in [0.15, 0.2) is 17.0 Å². The molecule has 0 bridgehead atoms. The van der Waals surface area contributed by atoms with Gasteiger partial charge >= 0.3 is 0 Å². The molecule has 1 aliphatic rings. The smallest absolute Gasteiger partial charge is 0.142 e. The van der Waals surface area contributed by atoms with Gasteiger partial charge in [0.15, 0.2) is 0 Å². The zero-order chi connectivity index (χ0) is 11.0. The van der Waals surface area contributed by atoms with E-state index in [0.29, 0.717) is 10.5 Å². The van der Waals surface area contributed by atoms with Crippen LogP contribution in [0.3, 0.4) is 0 Å². The van der Waals surface area contributed by atoms with E-state index in [4.69, 9.17) is 0 Å². The second kappa shape index (κ2) is 4.14. The first-order valence-electron chi connectivity index (χ1n) is 5.15. The normalized spacial score (nSPS) is 17.9. The van der Waals surface area contributed by atoms with Crippen LogP contribution in [-0.2, 0) is 0 Å². The number of aryl methyl sites for hydroxylation is 1. The molecule has 1 saturated carbocycles. The largest absolute Gasteiger partial charge is 0.388 e. The summed E-state index contributed by atoms with van der Waals surface area (Å²) in [6, 6.07) is 3.58. The highest BCUT2D eigenvalue weighted by Crippen LogP contribution is 2.42. The Balaban J connectivity index is 2.40. The van der Waals surface area contributed by atoms with E-state index in [9.17, 15) is 9.50 Å². The van der Waals surface area contributed by atoms with E-state index in [1.807, 2.05) is 19.2 Å². The van der Waals surface area contributed by atoms with Gasteiger partial charge in [-0.2, -0.15) is 0 Å². The van der Waals surface area contributed by atoms with E-state index in [2.05, 4.69) is 0 Å². The van der Waals surface area contributed by atoms with Crippen LogP contribution in [0.25, 0.3) is 0 Å². The number of halogens is 1. The molecule has 1 unspecified atom stereocenters. The maximum absolute atomic E-state index is 13.9. The first-order chi connectivity index (χ1) is 7.13. The predicted molar refractivity (Wildman–Crippen MR) is 60.6 cm³/mol. The molecule has 2 rings (SSSR count). The van der Waals surface area contributed by atoms with Crippen molar-refractivity contribution in [1.82, 2.24) is 0 Å². The number of hydrogen-bond donors (Lipinski definition) is 1. The molecule has 15 heavy (non-hydrogen) atoms. The van der Waals surface area contributed by atoms with Gasteiger partial charge in [0.25, 0.3) is 0 Å². The van der Waals surface area contributed by atoms with Gasteiger partial charge in [-0.05, 0) is 43.6 Å². The van der Waals surface area contributed by atoms with Crippen molar-refractivity contribution in [3.63, 3.8) is 0 Å². The first kappa shape index (κ1) is 11.0. The number of thioether (sulfide) groups is 1. The van der Waals surface area contributed by atoms with Crippen LogP contribution < -0.4 is 0 Å². The fourth-order valence-electron chi connectivity index (χ4n) is 1.79. The molecule has 1 fully saturated rings. The number of hydrogen-bond acceptors (Lipinski definition) is 2. The molecule has 0 aliphatic heterocycles. The molecule has 1 aliphatic carbocycles. The standard InChI is InChI=1S/C12H15FOS/c1-7-5-9(12(14)8-3-4-8)11(13)10(6-7)15-2/h5-6,8,12,14H,3-4H2,1-2H3. The van der Waals surface area contributed by atoms with E-state index in [1.165, 1.54) is 11.8 Å².